The van der Waals surface area contributed by atoms with E-state index in [0.29, 0.717) is 16.9 Å². The zero-order chi connectivity index (χ0) is 17.7. The Hall–Kier alpha value is -2.21. The molecule has 0 heterocycles. The van der Waals surface area contributed by atoms with Gasteiger partial charge in [0.2, 0.25) is 0 Å². The second kappa shape index (κ2) is 7.57. The van der Waals surface area contributed by atoms with Crippen LogP contribution in [0.25, 0.3) is 6.08 Å². The van der Waals surface area contributed by atoms with Crippen molar-refractivity contribution in [2.75, 3.05) is 13.4 Å². The zero-order valence-corrected chi connectivity index (χ0v) is 13.9. The molecule has 0 bridgehead atoms. The van der Waals surface area contributed by atoms with Crippen molar-refractivity contribution in [3.05, 3.63) is 65.2 Å². The number of hydrogen-bond acceptors (Lipinski definition) is 3. The number of ether oxygens (including phenoxy) is 1. The second-order valence-electron chi connectivity index (χ2n) is 4.89. The minimum Gasteiger partial charge on any atom is -0.496 e. The van der Waals surface area contributed by atoms with E-state index in [2.05, 4.69) is 0 Å². The summed E-state index contributed by atoms with van der Waals surface area (Å²) in [5, 5.41) is 0. The van der Waals surface area contributed by atoms with Crippen LogP contribution >= 0.6 is 11.8 Å². The van der Waals surface area contributed by atoms with Crippen LogP contribution in [0.4, 0.5) is 13.2 Å². The Balaban J connectivity index is 2.15. The largest absolute Gasteiger partial charge is 0.496 e. The summed E-state index contributed by atoms with van der Waals surface area (Å²) < 4.78 is 42.7. The van der Waals surface area contributed by atoms with Crippen LogP contribution < -0.4 is 4.74 Å². The van der Waals surface area contributed by atoms with Crippen molar-refractivity contribution in [2.24, 2.45) is 0 Å². The van der Waals surface area contributed by atoms with E-state index in [9.17, 15) is 18.0 Å². The summed E-state index contributed by atoms with van der Waals surface area (Å²) in [7, 11) is 1.53. The second-order valence-corrected chi connectivity index (χ2v) is 5.74. The standard InChI is InChI=1S/C18H15F3O2S/c1-23-16-11-13(6-10-17(16)24-2)15(22)9-5-12-3-7-14(8-4-12)18(19,20)21/h3-11H,1-2H3. The van der Waals surface area contributed by atoms with Crippen LogP contribution in [0.3, 0.4) is 0 Å². The Morgan fingerprint density at radius 2 is 1.79 bits per heavy atom. The number of hydrogen-bond donors (Lipinski definition) is 0. The van der Waals surface area contributed by atoms with E-state index in [1.165, 1.54) is 43.2 Å². The highest BCUT2D eigenvalue weighted by Crippen LogP contribution is 2.30. The first kappa shape index (κ1) is 18.1. The van der Waals surface area contributed by atoms with Crippen LogP contribution in [0.2, 0.25) is 0 Å². The van der Waals surface area contributed by atoms with Gasteiger partial charge in [0.1, 0.15) is 5.75 Å². The number of halogens is 3. The Morgan fingerprint density at radius 1 is 1.12 bits per heavy atom. The molecule has 2 aromatic carbocycles. The van der Waals surface area contributed by atoms with E-state index in [1.54, 1.807) is 18.2 Å². The zero-order valence-electron chi connectivity index (χ0n) is 13.1. The fourth-order valence-electron chi connectivity index (χ4n) is 2.04. The van der Waals surface area contributed by atoms with Gasteiger partial charge in [-0.25, -0.2) is 0 Å². The van der Waals surface area contributed by atoms with Gasteiger partial charge in [-0.3, -0.25) is 4.79 Å². The van der Waals surface area contributed by atoms with Gasteiger partial charge in [-0.2, -0.15) is 13.2 Å². The van der Waals surface area contributed by atoms with Gasteiger partial charge in [0, 0.05) is 10.5 Å². The molecule has 2 nitrogen and oxygen atoms in total. The number of rotatable bonds is 5. The predicted octanol–water partition coefficient (Wildman–Crippen LogP) is 5.33. The van der Waals surface area contributed by atoms with Crippen LogP contribution in [-0.2, 0) is 6.18 Å². The van der Waals surface area contributed by atoms with Crippen molar-refractivity contribution in [3.8, 4) is 5.75 Å². The van der Waals surface area contributed by atoms with Crippen molar-refractivity contribution >= 4 is 23.6 Å². The van der Waals surface area contributed by atoms with Gasteiger partial charge in [0.05, 0.1) is 12.7 Å². The summed E-state index contributed by atoms with van der Waals surface area (Å²) in [6, 6.07) is 9.75. The average Bonchev–Trinajstić information content (AvgIpc) is 2.58. The lowest BCUT2D eigenvalue weighted by Gasteiger charge is -2.07. The molecule has 0 N–H and O–H groups in total. The first-order chi connectivity index (χ1) is 11.3. The number of carbonyl (C=O) groups excluding carboxylic acids is 1. The molecule has 126 valence electrons. The van der Waals surface area contributed by atoms with Crippen LogP contribution in [0.15, 0.2) is 53.4 Å². The number of carbonyl (C=O) groups is 1. The molecule has 0 saturated heterocycles. The average molecular weight is 352 g/mol. The van der Waals surface area contributed by atoms with Crippen molar-refractivity contribution in [1.29, 1.82) is 0 Å². The lowest BCUT2D eigenvalue weighted by molar-refractivity contribution is -0.137. The number of methoxy groups -OCH3 is 1. The van der Waals surface area contributed by atoms with Crippen molar-refractivity contribution in [1.82, 2.24) is 0 Å². The van der Waals surface area contributed by atoms with Gasteiger partial charge in [-0.05, 0) is 48.2 Å². The lowest BCUT2D eigenvalue weighted by Crippen LogP contribution is -2.04. The molecule has 0 spiro atoms. The Morgan fingerprint density at radius 3 is 2.33 bits per heavy atom. The van der Waals surface area contributed by atoms with E-state index in [0.717, 1.165) is 17.0 Å². The molecule has 0 aliphatic rings. The fraction of sp³-hybridized carbons (Fsp3) is 0.167. The van der Waals surface area contributed by atoms with Crippen LogP contribution in [0, 0.1) is 0 Å². The monoisotopic (exact) mass is 352 g/mol. The quantitative estimate of drug-likeness (QED) is 0.413. The first-order valence-corrected chi connectivity index (χ1v) is 8.19. The highest BCUT2D eigenvalue weighted by Gasteiger charge is 2.29. The summed E-state index contributed by atoms with van der Waals surface area (Å²) in [6.45, 7) is 0. The molecular weight excluding hydrogens is 337 g/mol. The van der Waals surface area contributed by atoms with Gasteiger partial charge in [-0.15, -0.1) is 11.8 Å². The highest BCUT2D eigenvalue weighted by molar-refractivity contribution is 7.98. The van der Waals surface area contributed by atoms with E-state index in [-0.39, 0.29) is 5.78 Å². The van der Waals surface area contributed by atoms with Crippen LogP contribution in [-0.4, -0.2) is 19.1 Å². The van der Waals surface area contributed by atoms with Crippen LogP contribution in [0.5, 0.6) is 5.75 Å². The van der Waals surface area contributed by atoms with Crippen LogP contribution in [0.1, 0.15) is 21.5 Å². The minimum absolute atomic E-state index is 0.249. The normalized spacial score (nSPS) is 11.7. The maximum Gasteiger partial charge on any atom is 0.416 e. The Kier molecular flexibility index (Phi) is 5.72. The van der Waals surface area contributed by atoms with Gasteiger partial charge in [0.25, 0.3) is 0 Å². The fourth-order valence-corrected chi connectivity index (χ4v) is 2.59. The summed E-state index contributed by atoms with van der Waals surface area (Å²) in [4.78, 5) is 13.1. The van der Waals surface area contributed by atoms with Crippen molar-refractivity contribution in [2.45, 2.75) is 11.1 Å². The van der Waals surface area contributed by atoms with E-state index >= 15 is 0 Å². The van der Waals surface area contributed by atoms with E-state index in [1.807, 2.05) is 6.26 Å². The Labute approximate surface area is 142 Å². The first-order valence-electron chi connectivity index (χ1n) is 6.97. The molecule has 0 saturated carbocycles. The molecule has 24 heavy (non-hydrogen) atoms. The molecule has 0 radical (unpaired) electrons. The maximum atomic E-state index is 12.5. The molecule has 6 heteroatoms. The topological polar surface area (TPSA) is 26.3 Å². The summed E-state index contributed by atoms with van der Waals surface area (Å²) >= 11 is 1.51. The SMILES string of the molecule is COc1cc(C(=O)C=Cc2ccc(C(F)(F)F)cc2)ccc1SC. The molecule has 0 fully saturated rings. The summed E-state index contributed by atoms with van der Waals surface area (Å²) in [5.74, 6) is 0.358. The van der Waals surface area contributed by atoms with E-state index < -0.39 is 11.7 Å². The van der Waals surface area contributed by atoms with Gasteiger partial charge >= 0.3 is 6.18 Å². The minimum atomic E-state index is -4.37. The molecule has 2 aromatic rings. The third kappa shape index (κ3) is 4.41. The van der Waals surface area contributed by atoms with Gasteiger partial charge in [-0.1, -0.05) is 18.2 Å². The third-order valence-corrected chi connectivity index (χ3v) is 4.11. The van der Waals surface area contributed by atoms with E-state index in [4.69, 9.17) is 4.74 Å². The molecule has 0 aliphatic heterocycles. The molecule has 0 aliphatic carbocycles. The number of allylic oxidation sites excluding steroid dienone is 1. The predicted molar refractivity (Wildman–Crippen MR) is 89.6 cm³/mol. The molecule has 0 aromatic heterocycles. The van der Waals surface area contributed by atoms with Gasteiger partial charge in [0.15, 0.2) is 5.78 Å². The maximum absolute atomic E-state index is 12.5. The summed E-state index contributed by atoms with van der Waals surface area (Å²) in [6.07, 6.45) is 0.352. The number of benzene rings is 2. The highest BCUT2D eigenvalue weighted by atomic mass is 32.2. The number of thioether (sulfide) groups is 1. The molecule has 2 rings (SSSR count). The molecule has 0 unspecified atom stereocenters. The number of ketones is 1. The summed E-state index contributed by atoms with van der Waals surface area (Å²) in [5.41, 5.74) is 0.250. The Bertz CT molecular complexity index is 750. The van der Waals surface area contributed by atoms with Crippen molar-refractivity contribution < 1.29 is 22.7 Å². The number of alkyl halides is 3. The van der Waals surface area contributed by atoms with Gasteiger partial charge < -0.3 is 4.74 Å². The van der Waals surface area contributed by atoms with Crippen molar-refractivity contribution in [3.63, 3.8) is 0 Å². The lowest BCUT2D eigenvalue weighted by atomic mass is 10.1. The molecule has 0 amide bonds. The molecule has 0 atom stereocenters. The smallest absolute Gasteiger partial charge is 0.416 e. The third-order valence-electron chi connectivity index (χ3n) is 3.33. The molecular formula is C18H15F3O2S.